The standard InChI is InChI=1S/C11H20N2O2/c14-11(15-10-4-5-10)12-6-9-13-7-2-1-3-8-13/h10H,1-9H2,(H,12,14). The van der Waals surface area contributed by atoms with Crippen LogP contribution in [0.25, 0.3) is 0 Å². The molecule has 0 aromatic heterocycles. The third-order valence-corrected chi connectivity index (χ3v) is 2.94. The zero-order valence-corrected chi connectivity index (χ0v) is 9.21. The Kier molecular flexibility index (Phi) is 3.83. The van der Waals surface area contributed by atoms with Crippen LogP contribution in [0.5, 0.6) is 0 Å². The van der Waals surface area contributed by atoms with Crippen LogP contribution in [-0.2, 0) is 4.74 Å². The van der Waals surface area contributed by atoms with E-state index in [1.807, 2.05) is 0 Å². The first-order valence-corrected chi connectivity index (χ1v) is 6.01. The average Bonchev–Trinajstić information content (AvgIpc) is 3.03. The molecule has 0 unspecified atom stereocenters. The van der Waals surface area contributed by atoms with Gasteiger partial charge in [-0.15, -0.1) is 0 Å². The van der Waals surface area contributed by atoms with Gasteiger partial charge in [-0.3, -0.25) is 0 Å². The number of nitrogens with zero attached hydrogens (tertiary/aromatic N) is 1. The van der Waals surface area contributed by atoms with Gasteiger partial charge in [0.25, 0.3) is 0 Å². The van der Waals surface area contributed by atoms with Gasteiger partial charge in [0.05, 0.1) is 0 Å². The minimum absolute atomic E-state index is 0.208. The molecule has 1 N–H and O–H groups in total. The normalized spacial score (nSPS) is 22.4. The van der Waals surface area contributed by atoms with Crippen LogP contribution < -0.4 is 5.32 Å². The molecule has 86 valence electrons. The van der Waals surface area contributed by atoms with Crippen molar-refractivity contribution in [2.45, 2.75) is 38.2 Å². The van der Waals surface area contributed by atoms with E-state index in [1.165, 1.54) is 32.4 Å². The molecule has 4 heteroatoms. The highest BCUT2D eigenvalue weighted by Crippen LogP contribution is 2.23. The van der Waals surface area contributed by atoms with E-state index in [1.54, 1.807) is 0 Å². The first kappa shape index (κ1) is 10.7. The highest BCUT2D eigenvalue weighted by atomic mass is 16.6. The van der Waals surface area contributed by atoms with Crippen molar-refractivity contribution in [2.24, 2.45) is 0 Å². The number of carbonyl (C=O) groups excluding carboxylic acids is 1. The van der Waals surface area contributed by atoms with Crippen LogP contribution in [0.3, 0.4) is 0 Å². The molecule has 2 aliphatic rings. The largest absolute Gasteiger partial charge is 0.446 e. The van der Waals surface area contributed by atoms with Crippen LogP contribution >= 0.6 is 0 Å². The molecular weight excluding hydrogens is 192 g/mol. The van der Waals surface area contributed by atoms with E-state index in [0.29, 0.717) is 6.54 Å². The molecule has 1 saturated heterocycles. The lowest BCUT2D eigenvalue weighted by atomic mass is 10.1. The van der Waals surface area contributed by atoms with Crippen LogP contribution in [0, 0.1) is 0 Å². The number of alkyl carbamates (subject to hydrolysis) is 1. The molecule has 1 aliphatic carbocycles. The number of nitrogens with one attached hydrogen (secondary N) is 1. The Hall–Kier alpha value is -0.770. The van der Waals surface area contributed by atoms with Crippen molar-refractivity contribution in [3.05, 3.63) is 0 Å². The van der Waals surface area contributed by atoms with Crippen molar-refractivity contribution in [1.29, 1.82) is 0 Å². The number of amides is 1. The number of rotatable bonds is 4. The van der Waals surface area contributed by atoms with E-state index in [-0.39, 0.29) is 12.2 Å². The second-order valence-corrected chi connectivity index (χ2v) is 4.43. The Morgan fingerprint density at radius 2 is 2.00 bits per heavy atom. The minimum atomic E-state index is -0.241. The second kappa shape index (κ2) is 5.35. The van der Waals surface area contributed by atoms with Gasteiger partial charge in [0.2, 0.25) is 0 Å². The molecule has 4 nitrogen and oxygen atoms in total. The molecular formula is C11H20N2O2. The molecule has 1 amide bonds. The molecule has 0 bridgehead atoms. The highest BCUT2D eigenvalue weighted by molar-refractivity contribution is 5.67. The van der Waals surface area contributed by atoms with Crippen molar-refractivity contribution in [2.75, 3.05) is 26.2 Å². The summed E-state index contributed by atoms with van der Waals surface area (Å²) in [5.41, 5.74) is 0. The van der Waals surface area contributed by atoms with Crippen LogP contribution in [0.1, 0.15) is 32.1 Å². The maximum atomic E-state index is 11.2. The fourth-order valence-corrected chi connectivity index (χ4v) is 1.88. The Morgan fingerprint density at radius 3 is 2.67 bits per heavy atom. The average molecular weight is 212 g/mol. The van der Waals surface area contributed by atoms with Gasteiger partial charge < -0.3 is 15.0 Å². The number of piperidine rings is 1. The summed E-state index contributed by atoms with van der Waals surface area (Å²) >= 11 is 0. The van der Waals surface area contributed by atoms with Crippen molar-refractivity contribution in [1.82, 2.24) is 10.2 Å². The topological polar surface area (TPSA) is 41.6 Å². The Morgan fingerprint density at radius 1 is 1.27 bits per heavy atom. The summed E-state index contributed by atoms with van der Waals surface area (Å²) in [6.07, 6.45) is 6.00. The Labute approximate surface area is 91.0 Å². The number of likely N-dealkylation sites (tertiary alicyclic amines) is 1. The Balaban J connectivity index is 1.51. The van der Waals surface area contributed by atoms with Crippen molar-refractivity contribution < 1.29 is 9.53 Å². The number of hydrogen-bond acceptors (Lipinski definition) is 3. The van der Waals surface area contributed by atoms with E-state index >= 15 is 0 Å². The molecule has 1 heterocycles. The first-order chi connectivity index (χ1) is 7.34. The van der Waals surface area contributed by atoms with Gasteiger partial charge in [-0.25, -0.2) is 4.79 Å². The quantitative estimate of drug-likeness (QED) is 0.765. The molecule has 2 rings (SSSR count). The van der Waals surface area contributed by atoms with Crippen molar-refractivity contribution in [3.63, 3.8) is 0 Å². The molecule has 15 heavy (non-hydrogen) atoms. The molecule has 0 aromatic rings. The fraction of sp³-hybridized carbons (Fsp3) is 0.909. The summed E-state index contributed by atoms with van der Waals surface area (Å²) < 4.78 is 5.08. The molecule has 2 fully saturated rings. The summed E-state index contributed by atoms with van der Waals surface area (Å²) in [4.78, 5) is 13.6. The molecule has 1 saturated carbocycles. The van der Waals surface area contributed by atoms with Gasteiger partial charge in [-0.1, -0.05) is 6.42 Å². The summed E-state index contributed by atoms with van der Waals surface area (Å²) in [5, 5.41) is 2.80. The summed E-state index contributed by atoms with van der Waals surface area (Å²) in [6, 6.07) is 0. The molecule has 1 aliphatic heterocycles. The third kappa shape index (κ3) is 4.08. The van der Waals surface area contributed by atoms with Crippen molar-refractivity contribution in [3.8, 4) is 0 Å². The highest BCUT2D eigenvalue weighted by Gasteiger charge is 2.25. The third-order valence-electron chi connectivity index (χ3n) is 2.94. The number of carbonyl (C=O) groups is 1. The number of hydrogen-bond donors (Lipinski definition) is 1. The SMILES string of the molecule is O=C(NCCN1CCCCC1)OC1CC1. The monoisotopic (exact) mass is 212 g/mol. The summed E-state index contributed by atoms with van der Waals surface area (Å²) in [6.45, 7) is 4.03. The van der Waals surface area contributed by atoms with E-state index in [2.05, 4.69) is 10.2 Å². The van der Waals surface area contributed by atoms with Gasteiger partial charge in [0.1, 0.15) is 6.10 Å². The lowest BCUT2D eigenvalue weighted by Crippen LogP contribution is -2.38. The van der Waals surface area contributed by atoms with Gasteiger partial charge in [0, 0.05) is 13.1 Å². The molecule has 0 atom stereocenters. The van der Waals surface area contributed by atoms with Gasteiger partial charge in [0.15, 0.2) is 0 Å². The molecule has 0 radical (unpaired) electrons. The smallest absolute Gasteiger partial charge is 0.407 e. The zero-order valence-electron chi connectivity index (χ0n) is 9.21. The lowest BCUT2D eigenvalue weighted by molar-refractivity contribution is 0.136. The second-order valence-electron chi connectivity index (χ2n) is 4.43. The van der Waals surface area contributed by atoms with E-state index in [0.717, 1.165) is 19.4 Å². The maximum Gasteiger partial charge on any atom is 0.407 e. The fourth-order valence-electron chi connectivity index (χ4n) is 1.88. The van der Waals surface area contributed by atoms with Gasteiger partial charge in [-0.05, 0) is 38.8 Å². The van der Waals surface area contributed by atoms with E-state index in [4.69, 9.17) is 4.74 Å². The lowest BCUT2D eigenvalue weighted by Gasteiger charge is -2.26. The van der Waals surface area contributed by atoms with Crippen LogP contribution in [0.4, 0.5) is 4.79 Å². The summed E-state index contributed by atoms with van der Waals surface area (Å²) in [7, 11) is 0. The molecule has 0 spiro atoms. The van der Waals surface area contributed by atoms with Gasteiger partial charge >= 0.3 is 6.09 Å². The minimum Gasteiger partial charge on any atom is -0.446 e. The number of ether oxygens (including phenoxy) is 1. The predicted molar refractivity (Wildman–Crippen MR) is 57.8 cm³/mol. The van der Waals surface area contributed by atoms with E-state index < -0.39 is 0 Å². The first-order valence-electron chi connectivity index (χ1n) is 6.01. The van der Waals surface area contributed by atoms with E-state index in [9.17, 15) is 4.79 Å². The van der Waals surface area contributed by atoms with Crippen LogP contribution in [0.2, 0.25) is 0 Å². The van der Waals surface area contributed by atoms with Crippen LogP contribution in [0.15, 0.2) is 0 Å². The van der Waals surface area contributed by atoms with Crippen molar-refractivity contribution >= 4 is 6.09 Å². The molecule has 0 aromatic carbocycles. The Bertz CT molecular complexity index is 211. The van der Waals surface area contributed by atoms with Crippen LogP contribution in [-0.4, -0.2) is 43.3 Å². The predicted octanol–water partition coefficient (Wildman–Crippen LogP) is 1.36. The summed E-state index contributed by atoms with van der Waals surface area (Å²) in [5.74, 6) is 0. The maximum absolute atomic E-state index is 11.2. The van der Waals surface area contributed by atoms with Gasteiger partial charge in [-0.2, -0.15) is 0 Å². The zero-order chi connectivity index (χ0) is 10.5.